The number of amides is 1. The van der Waals surface area contributed by atoms with Gasteiger partial charge < -0.3 is 5.84 Å². The smallest absolute Gasteiger partial charge is 0.304 e. The van der Waals surface area contributed by atoms with E-state index >= 15 is 0 Å². The third-order valence-corrected chi connectivity index (χ3v) is 0.868. The highest BCUT2D eigenvalue weighted by atomic mass is 16.2. The molecule has 0 aromatic carbocycles. The molecule has 0 aliphatic carbocycles. The molecule has 2 N–H and O–H groups in total. The van der Waals surface area contributed by atoms with Crippen molar-refractivity contribution < 1.29 is 4.79 Å². The quantitative estimate of drug-likeness (QED) is 0.312. The third kappa shape index (κ3) is 1.15. The van der Waals surface area contributed by atoms with Gasteiger partial charge in [0.05, 0.1) is 0 Å². The molecule has 0 atom stereocenters. The number of allylic oxidation sites excluding steroid dienone is 2. The number of nitrogens with zero attached hydrogens (tertiary/aromatic N) is 3. The predicted molar refractivity (Wildman–Crippen MR) is 34.1 cm³/mol. The van der Waals surface area contributed by atoms with Gasteiger partial charge in [-0.3, -0.25) is 4.79 Å². The second-order valence-corrected chi connectivity index (χ2v) is 1.48. The van der Waals surface area contributed by atoms with Gasteiger partial charge in [-0.1, -0.05) is 10.3 Å². The van der Waals surface area contributed by atoms with E-state index in [4.69, 9.17) is 0 Å². The molecule has 0 bridgehead atoms. The Kier molecular flexibility index (Phi) is 1.72. The van der Waals surface area contributed by atoms with E-state index < -0.39 is 5.91 Å². The van der Waals surface area contributed by atoms with E-state index in [9.17, 15) is 4.79 Å². The van der Waals surface area contributed by atoms with E-state index in [2.05, 4.69) is 27.0 Å². The summed E-state index contributed by atoms with van der Waals surface area (Å²) in [5, 5.41) is 5.86. The van der Waals surface area contributed by atoms with Gasteiger partial charge in [0, 0.05) is 6.08 Å². The van der Waals surface area contributed by atoms with Crippen molar-refractivity contribution in [3.05, 3.63) is 17.8 Å². The molecule has 0 radical (unpaired) electrons. The van der Waals surface area contributed by atoms with E-state index in [1.165, 1.54) is 12.2 Å². The Balaban J connectivity index is 2.69. The van der Waals surface area contributed by atoms with Crippen LogP contribution in [0.5, 0.6) is 0 Å². The van der Waals surface area contributed by atoms with Gasteiger partial charge >= 0.3 is 5.91 Å². The van der Waals surface area contributed by atoms with E-state index in [0.29, 0.717) is 0 Å². The average molecular weight is 136 g/mol. The van der Waals surface area contributed by atoms with Gasteiger partial charge in [0.1, 0.15) is 5.70 Å². The Morgan fingerprint density at radius 2 is 2.60 bits per heavy atom. The Hall–Kier alpha value is -1.74. The summed E-state index contributed by atoms with van der Waals surface area (Å²) in [6.07, 6.45) is 3.00. The van der Waals surface area contributed by atoms with Crippen molar-refractivity contribution in [3.8, 4) is 0 Å². The van der Waals surface area contributed by atoms with Crippen LogP contribution in [-0.2, 0) is 4.79 Å². The molecule has 0 aromatic heterocycles. The SMILES string of the molecule is NN=NC(=O)C1=CC=C=N1. The molecule has 0 saturated carbocycles. The lowest BCUT2D eigenvalue weighted by Crippen LogP contribution is -1.94. The fraction of sp³-hybridized carbons (Fsp3) is 0. The fourth-order valence-corrected chi connectivity index (χ4v) is 0.483. The van der Waals surface area contributed by atoms with Crippen LogP contribution in [-0.4, -0.2) is 11.8 Å². The molecule has 0 spiro atoms. The number of nitrogens with two attached hydrogens (primary N) is 1. The molecular weight excluding hydrogens is 132 g/mol. The fourth-order valence-electron chi connectivity index (χ4n) is 0.483. The van der Waals surface area contributed by atoms with Crippen LogP contribution in [0.2, 0.25) is 0 Å². The number of aliphatic imine (C=N–C) groups is 1. The van der Waals surface area contributed by atoms with Crippen LogP contribution >= 0.6 is 0 Å². The molecule has 0 unspecified atom stereocenters. The monoisotopic (exact) mass is 136 g/mol. The lowest BCUT2D eigenvalue weighted by molar-refractivity contribution is -0.114. The number of hydrogen-bond acceptors (Lipinski definition) is 3. The molecular formula is C5H4N4O. The van der Waals surface area contributed by atoms with Gasteiger partial charge in [-0.2, -0.15) is 0 Å². The summed E-state index contributed by atoms with van der Waals surface area (Å²) in [4.78, 5) is 14.2. The Morgan fingerprint density at radius 3 is 3.10 bits per heavy atom. The van der Waals surface area contributed by atoms with Gasteiger partial charge in [0.2, 0.25) is 0 Å². The van der Waals surface area contributed by atoms with Crippen molar-refractivity contribution in [2.24, 2.45) is 21.2 Å². The van der Waals surface area contributed by atoms with Crippen LogP contribution in [0.1, 0.15) is 0 Å². The first-order valence-corrected chi connectivity index (χ1v) is 2.49. The highest BCUT2D eigenvalue weighted by Crippen LogP contribution is 2.02. The largest absolute Gasteiger partial charge is 0.316 e. The molecule has 50 valence electrons. The predicted octanol–water partition coefficient (Wildman–Crippen LogP) is -0.0377. The lowest BCUT2D eigenvalue weighted by atomic mass is 10.4. The average Bonchev–Trinajstić information content (AvgIpc) is 2.38. The van der Waals surface area contributed by atoms with E-state index in [-0.39, 0.29) is 5.70 Å². The van der Waals surface area contributed by atoms with Crippen molar-refractivity contribution in [2.45, 2.75) is 0 Å². The van der Waals surface area contributed by atoms with Crippen LogP contribution in [0.15, 0.2) is 33.2 Å². The first-order chi connectivity index (χ1) is 4.84. The third-order valence-electron chi connectivity index (χ3n) is 0.868. The number of carbonyl (C=O) groups is 1. The molecule has 10 heavy (non-hydrogen) atoms. The zero-order valence-electron chi connectivity index (χ0n) is 4.98. The molecule has 1 amide bonds. The van der Waals surface area contributed by atoms with Crippen molar-refractivity contribution in [3.63, 3.8) is 0 Å². The lowest BCUT2D eigenvalue weighted by Gasteiger charge is -1.84. The minimum Gasteiger partial charge on any atom is -0.304 e. The van der Waals surface area contributed by atoms with Crippen LogP contribution in [0.3, 0.4) is 0 Å². The first kappa shape index (κ1) is 6.38. The summed E-state index contributed by atoms with van der Waals surface area (Å²) in [7, 11) is 0. The summed E-state index contributed by atoms with van der Waals surface area (Å²) >= 11 is 0. The van der Waals surface area contributed by atoms with Gasteiger partial charge in [-0.15, -0.1) is 0 Å². The summed E-state index contributed by atoms with van der Waals surface area (Å²) in [6, 6.07) is 0. The molecule has 1 aliphatic rings. The normalized spacial score (nSPS) is 14.6. The maximum Gasteiger partial charge on any atom is 0.316 e. The van der Waals surface area contributed by atoms with Crippen molar-refractivity contribution in [1.82, 2.24) is 0 Å². The minimum atomic E-state index is -0.552. The minimum absolute atomic E-state index is 0.203. The van der Waals surface area contributed by atoms with Gasteiger partial charge in [-0.25, -0.2) is 4.99 Å². The molecule has 0 fully saturated rings. The van der Waals surface area contributed by atoms with Crippen LogP contribution in [0, 0.1) is 0 Å². The molecule has 1 heterocycles. The number of rotatable bonds is 1. The summed E-state index contributed by atoms with van der Waals surface area (Å²) in [5.74, 6) is 6.54. The Morgan fingerprint density at radius 1 is 1.80 bits per heavy atom. The van der Waals surface area contributed by atoms with Crippen molar-refractivity contribution in [2.75, 3.05) is 0 Å². The Bertz CT molecular complexity index is 269. The number of hydrogen-bond donors (Lipinski definition) is 1. The highest BCUT2D eigenvalue weighted by Gasteiger charge is 2.06. The van der Waals surface area contributed by atoms with Gasteiger partial charge in [0.25, 0.3) is 0 Å². The van der Waals surface area contributed by atoms with E-state index in [0.717, 1.165) is 0 Å². The van der Waals surface area contributed by atoms with Crippen molar-refractivity contribution >= 4 is 11.8 Å². The van der Waals surface area contributed by atoms with Crippen LogP contribution < -0.4 is 5.84 Å². The van der Waals surface area contributed by atoms with E-state index in [1.54, 1.807) is 0 Å². The van der Waals surface area contributed by atoms with Crippen LogP contribution in [0.4, 0.5) is 0 Å². The summed E-state index contributed by atoms with van der Waals surface area (Å²) < 4.78 is 0. The molecule has 1 aliphatic heterocycles. The molecule has 1 rings (SSSR count). The maximum atomic E-state index is 10.7. The van der Waals surface area contributed by atoms with Gasteiger partial charge in [0.15, 0.2) is 0 Å². The summed E-state index contributed by atoms with van der Waals surface area (Å²) in [5.41, 5.74) is 0.203. The highest BCUT2D eigenvalue weighted by molar-refractivity contribution is 5.96. The molecule has 0 saturated heterocycles. The standard InChI is InChI=1S/C5H4N4O/c6-9-8-5(10)4-2-1-3-7-4/h1-2H,(H2,6,8,10). The zero-order chi connectivity index (χ0) is 7.40. The molecule has 0 aromatic rings. The second kappa shape index (κ2) is 2.70. The zero-order valence-corrected chi connectivity index (χ0v) is 4.98. The Labute approximate surface area is 56.6 Å². The topological polar surface area (TPSA) is 80.2 Å². The molecule has 5 heteroatoms. The number of carbonyl (C=O) groups excluding carboxylic acids is 1. The maximum absolute atomic E-state index is 10.7. The van der Waals surface area contributed by atoms with Gasteiger partial charge in [-0.05, 0) is 11.9 Å². The van der Waals surface area contributed by atoms with Crippen molar-refractivity contribution in [1.29, 1.82) is 0 Å². The molecule has 5 nitrogen and oxygen atoms in total. The first-order valence-electron chi connectivity index (χ1n) is 2.49. The summed E-state index contributed by atoms with van der Waals surface area (Å²) in [6.45, 7) is 0. The second-order valence-electron chi connectivity index (χ2n) is 1.48. The van der Waals surface area contributed by atoms with E-state index in [1.807, 2.05) is 0 Å². The van der Waals surface area contributed by atoms with Crippen LogP contribution in [0.25, 0.3) is 0 Å².